The smallest absolute Gasteiger partial charge is 0.151 e. The van der Waals surface area contributed by atoms with Crippen LogP contribution in [0.25, 0.3) is 0 Å². The molecule has 0 spiro atoms. The van der Waals surface area contributed by atoms with Gasteiger partial charge < -0.3 is 10.5 Å². The van der Waals surface area contributed by atoms with Gasteiger partial charge in [0.1, 0.15) is 10.8 Å². The van der Waals surface area contributed by atoms with Crippen LogP contribution < -0.4 is 10.5 Å². The number of nitrogen functional groups attached to an aromatic ring is 1. The summed E-state index contributed by atoms with van der Waals surface area (Å²) in [7, 11) is 0. The monoisotopic (exact) mass is 288 g/mol. The van der Waals surface area contributed by atoms with Crippen molar-refractivity contribution >= 4 is 40.5 Å². The summed E-state index contributed by atoms with van der Waals surface area (Å²) in [6.45, 7) is 0. The van der Waals surface area contributed by atoms with E-state index in [0.29, 0.717) is 32.3 Å². The molecule has 0 fully saturated rings. The zero-order chi connectivity index (χ0) is 12.4. The number of benzene rings is 1. The van der Waals surface area contributed by atoms with Crippen molar-refractivity contribution in [1.29, 1.82) is 0 Å². The predicted molar refractivity (Wildman–Crippen MR) is 70.2 cm³/mol. The molecular weight excluding hydrogens is 282 g/mol. The lowest BCUT2D eigenvalue weighted by Gasteiger charge is -2.10. The molecule has 1 heterocycles. The number of halogens is 3. The predicted octanol–water partition coefficient (Wildman–Crippen LogP) is 4.42. The van der Waals surface area contributed by atoms with Gasteiger partial charge in [-0.1, -0.05) is 34.8 Å². The summed E-state index contributed by atoms with van der Waals surface area (Å²) in [5.41, 5.74) is 6.14. The van der Waals surface area contributed by atoms with Gasteiger partial charge in [0.2, 0.25) is 0 Å². The van der Waals surface area contributed by atoms with Crippen molar-refractivity contribution in [2.24, 2.45) is 0 Å². The number of nitrogens with two attached hydrogens (primary N) is 1. The van der Waals surface area contributed by atoms with Crippen molar-refractivity contribution < 1.29 is 4.74 Å². The van der Waals surface area contributed by atoms with E-state index < -0.39 is 0 Å². The van der Waals surface area contributed by atoms with E-state index in [2.05, 4.69) is 4.98 Å². The van der Waals surface area contributed by atoms with E-state index >= 15 is 0 Å². The Bertz CT molecular complexity index is 560. The summed E-state index contributed by atoms with van der Waals surface area (Å²) in [5.74, 6) is 0.847. The van der Waals surface area contributed by atoms with Gasteiger partial charge in [-0.25, -0.2) is 0 Å². The molecule has 0 atom stereocenters. The molecule has 0 unspecified atom stereocenters. The molecule has 2 aromatic rings. The maximum absolute atomic E-state index is 5.91. The molecule has 0 radical (unpaired) electrons. The third-order valence-corrected chi connectivity index (χ3v) is 3.01. The Morgan fingerprint density at radius 2 is 1.71 bits per heavy atom. The second-order valence-corrected chi connectivity index (χ2v) is 4.43. The summed E-state index contributed by atoms with van der Waals surface area (Å²) in [4.78, 5) is 3.85. The Morgan fingerprint density at radius 1 is 1.00 bits per heavy atom. The molecule has 17 heavy (non-hydrogen) atoms. The Hall–Kier alpha value is -1.16. The Morgan fingerprint density at radius 3 is 2.41 bits per heavy atom. The summed E-state index contributed by atoms with van der Waals surface area (Å²) < 4.78 is 5.54. The van der Waals surface area contributed by atoms with Crippen LogP contribution >= 0.6 is 34.8 Å². The highest BCUT2D eigenvalue weighted by atomic mass is 35.5. The van der Waals surface area contributed by atoms with E-state index in [4.69, 9.17) is 45.3 Å². The number of nitrogens with zero attached hydrogens (tertiary/aromatic N) is 1. The fourth-order valence-corrected chi connectivity index (χ4v) is 1.68. The van der Waals surface area contributed by atoms with Gasteiger partial charge in [0.15, 0.2) is 5.75 Å². The highest BCUT2D eigenvalue weighted by Gasteiger charge is 2.09. The molecule has 6 heteroatoms. The van der Waals surface area contributed by atoms with E-state index in [1.807, 2.05) is 0 Å². The van der Waals surface area contributed by atoms with E-state index in [0.717, 1.165) is 0 Å². The first-order valence-electron chi connectivity index (χ1n) is 4.60. The Balaban J connectivity index is 2.37. The fourth-order valence-electron chi connectivity index (χ4n) is 1.20. The van der Waals surface area contributed by atoms with Crippen LogP contribution in [0.15, 0.2) is 30.6 Å². The molecule has 0 saturated heterocycles. The molecule has 3 nitrogen and oxygen atoms in total. The van der Waals surface area contributed by atoms with Crippen molar-refractivity contribution in [2.75, 3.05) is 5.73 Å². The van der Waals surface area contributed by atoms with E-state index in [-0.39, 0.29) is 0 Å². The fraction of sp³-hybridized carbons (Fsp3) is 0. The number of hydrogen-bond donors (Lipinski definition) is 1. The topological polar surface area (TPSA) is 48.1 Å². The summed E-state index contributed by atoms with van der Waals surface area (Å²) in [6, 6.07) is 4.69. The van der Waals surface area contributed by atoms with Crippen LogP contribution in [0.5, 0.6) is 11.5 Å². The van der Waals surface area contributed by atoms with Gasteiger partial charge in [-0.2, -0.15) is 0 Å². The summed E-state index contributed by atoms with van der Waals surface area (Å²) >= 11 is 17.6. The molecule has 88 valence electrons. The second kappa shape index (κ2) is 5.00. The van der Waals surface area contributed by atoms with Crippen molar-refractivity contribution in [2.45, 2.75) is 0 Å². The van der Waals surface area contributed by atoms with Gasteiger partial charge in [0.25, 0.3) is 0 Å². The number of rotatable bonds is 2. The van der Waals surface area contributed by atoms with Crippen LogP contribution in [0.1, 0.15) is 0 Å². The van der Waals surface area contributed by atoms with E-state index in [1.165, 1.54) is 18.3 Å². The first-order chi connectivity index (χ1) is 8.08. The van der Waals surface area contributed by atoms with Crippen molar-refractivity contribution in [1.82, 2.24) is 4.98 Å². The minimum atomic E-state index is 0.362. The molecule has 2 rings (SSSR count). The molecule has 2 N–H and O–H groups in total. The number of ether oxygens (including phenoxy) is 1. The normalized spacial score (nSPS) is 10.3. The summed E-state index contributed by atoms with van der Waals surface area (Å²) in [6.07, 6.45) is 3.04. The minimum Gasteiger partial charge on any atom is -0.453 e. The lowest BCUT2D eigenvalue weighted by atomic mass is 10.3. The number of aromatic nitrogens is 1. The van der Waals surface area contributed by atoms with Gasteiger partial charge in [-0.05, 0) is 6.07 Å². The third-order valence-electron chi connectivity index (χ3n) is 2.01. The van der Waals surface area contributed by atoms with Crippen LogP contribution in [-0.4, -0.2) is 4.98 Å². The lowest BCUT2D eigenvalue weighted by molar-refractivity contribution is 0.484. The average Bonchev–Trinajstić information content (AvgIpc) is 2.29. The van der Waals surface area contributed by atoms with Gasteiger partial charge in [-0.3, -0.25) is 4.98 Å². The van der Waals surface area contributed by atoms with E-state index in [9.17, 15) is 0 Å². The lowest BCUT2D eigenvalue weighted by Crippen LogP contribution is -1.93. The van der Waals surface area contributed by atoms with Crippen LogP contribution in [0, 0.1) is 0 Å². The molecular formula is C11H7Cl3N2O. The molecule has 0 aliphatic heterocycles. The van der Waals surface area contributed by atoms with Crippen molar-refractivity contribution in [3.05, 3.63) is 45.7 Å². The molecule has 0 amide bonds. The van der Waals surface area contributed by atoms with Gasteiger partial charge in [-0.15, -0.1) is 0 Å². The van der Waals surface area contributed by atoms with Crippen molar-refractivity contribution in [3.8, 4) is 11.5 Å². The van der Waals surface area contributed by atoms with Crippen LogP contribution in [0.2, 0.25) is 15.1 Å². The quantitative estimate of drug-likeness (QED) is 0.833. The number of hydrogen-bond acceptors (Lipinski definition) is 3. The maximum atomic E-state index is 5.91. The van der Waals surface area contributed by atoms with Gasteiger partial charge >= 0.3 is 0 Å². The molecule has 1 aromatic heterocycles. The third kappa shape index (κ3) is 2.75. The van der Waals surface area contributed by atoms with Crippen molar-refractivity contribution in [3.63, 3.8) is 0 Å². The van der Waals surface area contributed by atoms with E-state index in [1.54, 1.807) is 12.3 Å². The molecule has 0 bridgehead atoms. The molecule has 0 aliphatic rings. The Labute approximate surface area is 113 Å². The van der Waals surface area contributed by atoms with Crippen LogP contribution in [0.4, 0.5) is 5.69 Å². The minimum absolute atomic E-state index is 0.362. The first kappa shape index (κ1) is 12.3. The average molecular weight is 290 g/mol. The van der Waals surface area contributed by atoms with Crippen LogP contribution in [-0.2, 0) is 0 Å². The first-order valence-corrected chi connectivity index (χ1v) is 5.73. The number of pyridine rings is 1. The summed E-state index contributed by atoms with van der Waals surface area (Å²) in [5, 5.41) is 1.12. The SMILES string of the molecule is Nc1cc(Cl)c(Cl)cc1Oc1ccncc1Cl. The van der Waals surface area contributed by atoms with Crippen LogP contribution in [0.3, 0.4) is 0 Å². The molecule has 0 saturated carbocycles. The zero-order valence-electron chi connectivity index (χ0n) is 8.45. The maximum Gasteiger partial charge on any atom is 0.151 e. The number of anilines is 1. The van der Waals surface area contributed by atoms with Gasteiger partial charge in [0, 0.05) is 24.5 Å². The highest BCUT2D eigenvalue weighted by Crippen LogP contribution is 2.36. The molecule has 0 aliphatic carbocycles. The standard InChI is InChI=1S/C11H7Cl3N2O/c12-6-3-9(15)11(4-7(6)13)17-10-1-2-16-5-8(10)14/h1-5H,15H2. The highest BCUT2D eigenvalue weighted by molar-refractivity contribution is 6.42. The Kier molecular flexibility index (Phi) is 3.62. The van der Waals surface area contributed by atoms with Gasteiger partial charge in [0.05, 0.1) is 15.7 Å². The molecule has 1 aromatic carbocycles. The second-order valence-electron chi connectivity index (χ2n) is 3.21. The zero-order valence-corrected chi connectivity index (χ0v) is 10.7. The largest absolute Gasteiger partial charge is 0.453 e.